The lowest BCUT2D eigenvalue weighted by molar-refractivity contribution is -0.131. The highest BCUT2D eigenvalue weighted by Crippen LogP contribution is 2.50. The molecule has 0 N–H and O–H groups in total. The zero-order chi connectivity index (χ0) is 27.8. The van der Waals surface area contributed by atoms with Crippen LogP contribution in [0, 0.1) is 30.5 Å². The Morgan fingerprint density at radius 2 is 2.05 bits per heavy atom. The third-order valence-corrected chi connectivity index (χ3v) is 9.65. The van der Waals surface area contributed by atoms with Gasteiger partial charge in [-0.3, -0.25) is 4.79 Å². The van der Waals surface area contributed by atoms with Crippen LogP contribution in [0.4, 0.5) is 10.4 Å². The van der Waals surface area contributed by atoms with Gasteiger partial charge in [-0.25, -0.2) is 9.37 Å². The predicted octanol–water partition coefficient (Wildman–Crippen LogP) is 5.55. The number of anilines is 1. The highest BCUT2D eigenvalue weighted by atomic mass is 32.1. The molecule has 2 aromatic heterocycles. The average molecular weight is 568 g/mol. The fraction of sp³-hybridized carbons (Fsp3) is 0.600. The summed E-state index contributed by atoms with van der Waals surface area (Å²) in [7, 11) is 0. The Hall–Kier alpha value is -3.01. The number of carbonyl (C=O) groups excluding carboxylic acids is 1. The van der Waals surface area contributed by atoms with Crippen LogP contribution in [-0.4, -0.2) is 52.2 Å². The maximum Gasteiger partial charge on any atom is 0.324 e. The van der Waals surface area contributed by atoms with Crippen LogP contribution in [-0.2, 0) is 24.2 Å². The average Bonchev–Trinajstić information content (AvgIpc) is 3.35. The van der Waals surface area contributed by atoms with E-state index in [4.69, 9.17) is 9.26 Å². The Morgan fingerprint density at radius 1 is 1.23 bits per heavy atom. The summed E-state index contributed by atoms with van der Waals surface area (Å²) in [6.45, 7) is 9.84. The Balaban J connectivity index is 0.918. The number of nitrogens with zero attached hydrogens (tertiary/aromatic N) is 5. The molecule has 2 atom stereocenters. The van der Waals surface area contributed by atoms with E-state index in [0.717, 1.165) is 72.0 Å². The standard InChI is InChI=1S/C30H38FN5O3S/c1-18(2)29-33-30(39-34-29)35-10-6-20(7-11-35)24-14-21(24)9-13-38-23-5-4-22(25(31)16-23)15-28(37)36-12-8-26-27(17-36)40-19(3)32-26/h4-5,16,18,20-21,24H,6-15,17H2,1-3H3/t21-,24-/m1/s1. The molecule has 1 amide bonds. The number of carbonyl (C=O) groups is 1. The topological polar surface area (TPSA) is 84.6 Å². The van der Waals surface area contributed by atoms with E-state index in [1.165, 1.54) is 12.5 Å². The predicted molar refractivity (Wildman–Crippen MR) is 151 cm³/mol. The van der Waals surface area contributed by atoms with Gasteiger partial charge in [-0.1, -0.05) is 25.1 Å². The number of amides is 1. The quantitative estimate of drug-likeness (QED) is 0.335. The summed E-state index contributed by atoms with van der Waals surface area (Å²) in [4.78, 5) is 27.1. The van der Waals surface area contributed by atoms with Gasteiger partial charge in [0.15, 0.2) is 5.82 Å². The van der Waals surface area contributed by atoms with Gasteiger partial charge in [-0.15, -0.1) is 11.3 Å². The molecule has 1 aromatic carbocycles. The molecular weight excluding hydrogens is 529 g/mol. The fourth-order valence-corrected chi connectivity index (χ4v) is 7.19. The normalized spacial score (nSPS) is 21.1. The molecule has 0 unspecified atom stereocenters. The van der Waals surface area contributed by atoms with E-state index in [1.54, 1.807) is 23.5 Å². The fourth-order valence-electron chi connectivity index (χ4n) is 6.19. The molecule has 1 saturated carbocycles. The van der Waals surface area contributed by atoms with E-state index in [9.17, 15) is 9.18 Å². The van der Waals surface area contributed by atoms with Gasteiger partial charge in [0.1, 0.15) is 11.6 Å². The molecule has 1 saturated heterocycles. The smallest absolute Gasteiger partial charge is 0.324 e. The minimum Gasteiger partial charge on any atom is -0.493 e. The van der Waals surface area contributed by atoms with E-state index < -0.39 is 0 Å². The summed E-state index contributed by atoms with van der Waals surface area (Å²) in [5, 5.41) is 5.12. The number of ether oxygens (including phenoxy) is 1. The van der Waals surface area contributed by atoms with Gasteiger partial charge in [0.05, 0.1) is 30.3 Å². The summed E-state index contributed by atoms with van der Waals surface area (Å²) in [5.41, 5.74) is 1.51. The minimum atomic E-state index is -0.380. The Morgan fingerprint density at radius 3 is 2.80 bits per heavy atom. The first-order valence-electron chi connectivity index (χ1n) is 14.6. The van der Waals surface area contributed by atoms with Crippen LogP contribution in [0.1, 0.15) is 72.4 Å². The van der Waals surface area contributed by atoms with E-state index in [0.29, 0.717) is 42.9 Å². The first-order valence-corrected chi connectivity index (χ1v) is 15.4. The van der Waals surface area contributed by atoms with E-state index >= 15 is 0 Å². The van der Waals surface area contributed by atoms with Gasteiger partial charge in [-0.05, 0) is 62.0 Å². The lowest BCUT2D eigenvalue weighted by Gasteiger charge is -2.30. The number of hydrogen-bond acceptors (Lipinski definition) is 8. The number of benzene rings is 1. The van der Waals surface area contributed by atoms with Crippen molar-refractivity contribution in [1.29, 1.82) is 0 Å². The zero-order valence-corrected chi connectivity index (χ0v) is 24.4. The zero-order valence-electron chi connectivity index (χ0n) is 23.6. The van der Waals surface area contributed by atoms with Gasteiger partial charge < -0.3 is 19.1 Å². The summed E-state index contributed by atoms with van der Waals surface area (Å²) in [6, 6.07) is 5.55. The Labute approximate surface area is 238 Å². The molecule has 3 aromatic rings. The van der Waals surface area contributed by atoms with Gasteiger partial charge in [0.25, 0.3) is 0 Å². The molecular formula is C30H38FN5O3S. The second-order valence-electron chi connectivity index (χ2n) is 11.8. The Kier molecular flexibility index (Phi) is 7.79. The molecule has 10 heteroatoms. The monoisotopic (exact) mass is 567 g/mol. The molecule has 4 heterocycles. The molecule has 2 aliphatic heterocycles. The molecule has 214 valence electrons. The third-order valence-electron chi connectivity index (χ3n) is 8.65. The van der Waals surface area contributed by atoms with Crippen molar-refractivity contribution < 1.29 is 18.4 Å². The molecule has 3 aliphatic rings. The molecule has 8 nitrogen and oxygen atoms in total. The number of halogens is 1. The van der Waals surface area contributed by atoms with Crippen LogP contribution in [0.2, 0.25) is 0 Å². The summed E-state index contributed by atoms with van der Waals surface area (Å²) in [6.07, 6.45) is 5.36. The lowest BCUT2D eigenvalue weighted by atomic mass is 9.90. The first kappa shape index (κ1) is 27.2. The van der Waals surface area contributed by atoms with Crippen molar-refractivity contribution in [1.82, 2.24) is 20.0 Å². The van der Waals surface area contributed by atoms with Crippen LogP contribution in [0.5, 0.6) is 5.75 Å². The molecule has 0 spiro atoms. The number of fused-ring (bicyclic) bond motifs is 1. The highest BCUT2D eigenvalue weighted by Gasteiger charge is 2.43. The highest BCUT2D eigenvalue weighted by molar-refractivity contribution is 7.11. The van der Waals surface area contributed by atoms with Crippen molar-refractivity contribution in [3.05, 3.63) is 51.0 Å². The van der Waals surface area contributed by atoms with Crippen LogP contribution in [0.25, 0.3) is 0 Å². The molecule has 6 rings (SSSR count). The third kappa shape index (κ3) is 6.01. The summed E-state index contributed by atoms with van der Waals surface area (Å²) in [5.74, 6) is 3.31. The molecule has 0 bridgehead atoms. The maximum atomic E-state index is 14.8. The second kappa shape index (κ2) is 11.5. The molecule has 1 aliphatic carbocycles. The van der Waals surface area contributed by atoms with Crippen LogP contribution >= 0.6 is 11.3 Å². The van der Waals surface area contributed by atoms with Crippen molar-refractivity contribution in [2.24, 2.45) is 17.8 Å². The minimum absolute atomic E-state index is 0.0488. The molecule has 2 fully saturated rings. The second-order valence-corrected chi connectivity index (χ2v) is 13.1. The summed E-state index contributed by atoms with van der Waals surface area (Å²) >= 11 is 1.64. The number of aryl methyl sites for hydroxylation is 1. The van der Waals surface area contributed by atoms with Crippen LogP contribution in [0.15, 0.2) is 22.7 Å². The number of aromatic nitrogens is 3. The van der Waals surface area contributed by atoms with Crippen LogP contribution < -0.4 is 9.64 Å². The maximum absolute atomic E-state index is 14.8. The largest absolute Gasteiger partial charge is 0.493 e. The van der Waals surface area contributed by atoms with E-state index in [1.807, 2.05) is 11.8 Å². The van der Waals surface area contributed by atoms with E-state index in [-0.39, 0.29) is 24.1 Å². The lowest BCUT2D eigenvalue weighted by Crippen LogP contribution is -2.36. The Bertz CT molecular complexity index is 1350. The molecule has 40 heavy (non-hydrogen) atoms. The molecule has 0 radical (unpaired) electrons. The van der Waals surface area contributed by atoms with Gasteiger partial charge in [-0.2, -0.15) is 4.98 Å². The van der Waals surface area contributed by atoms with Crippen molar-refractivity contribution in [3.63, 3.8) is 0 Å². The summed E-state index contributed by atoms with van der Waals surface area (Å²) < 4.78 is 26.2. The number of rotatable bonds is 9. The first-order chi connectivity index (χ1) is 19.3. The van der Waals surface area contributed by atoms with Crippen molar-refractivity contribution in [3.8, 4) is 5.75 Å². The SMILES string of the molecule is Cc1nc2c(s1)CN(C(=O)Cc1ccc(OCC[C@@H]3C[C@@H]3C3CCN(c4nc(C(C)C)no4)CC3)cc1F)CC2. The number of hydrogen-bond donors (Lipinski definition) is 0. The van der Waals surface area contributed by atoms with Crippen LogP contribution in [0.3, 0.4) is 0 Å². The van der Waals surface area contributed by atoms with Crippen molar-refractivity contribution >= 4 is 23.3 Å². The number of thiazole rings is 1. The van der Waals surface area contributed by atoms with E-state index in [2.05, 4.69) is 33.9 Å². The van der Waals surface area contributed by atoms with Gasteiger partial charge in [0.2, 0.25) is 5.91 Å². The van der Waals surface area contributed by atoms with Crippen molar-refractivity contribution in [2.75, 3.05) is 31.1 Å². The van der Waals surface area contributed by atoms with Gasteiger partial charge in [0, 0.05) is 42.9 Å². The van der Waals surface area contributed by atoms with Gasteiger partial charge >= 0.3 is 6.01 Å². The number of piperidine rings is 1. The van der Waals surface area contributed by atoms with Crippen molar-refractivity contribution in [2.45, 2.75) is 71.8 Å².